The van der Waals surface area contributed by atoms with E-state index in [0.29, 0.717) is 48.3 Å². The summed E-state index contributed by atoms with van der Waals surface area (Å²) in [6.45, 7) is 2.28. The molecule has 1 aliphatic rings. The lowest BCUT2D eigenvalue weighted by Crippen LogP contribution is -2.51. The van der Waals surface area contributed by atoms with Gasteiger partial charge in [0, 0.05) is 26.2 Å². The molecule has 8 heteroatoms. The van der Waals surface area contributed by atoms with Crippen LogP contribution in [0.1, 0.15) is 20.9 Å². The van der Waals surface area contributed by atoms with Gasteiger partial charge in [-0.15, -0.1) is 0 Å². The maximum Gasteiger partial charge on any atom is 0.339 e. The topological polar surface area (TPSA) is 75.0 Å². The minimum absolute atomic E-state index is 0.121. The van der Waals surface area contributed by atoms with Crippen LogP contribution in [0, 0.1) is 0 Å². The van der Waals surface area contributed by atoms with Crippen molar-refractivity contribution in [3.63, 3.8) is 0 Å². The van der Waals surface area contributed by atoms with Crippen molar-refractivity contribution >= 4 is 34.9 Å². The first-order chi connectivity index (χ1) is 12.6. The molecule has 1 aliphatic heterocycles. The monoisotopic (exact) mass is 373 g/mol. The van der Waals surface area contributed by atoms with Crippen LogP contribution < -0.4 is 5.32 Å². The molecule has 0 bridgehead atoms. The smallest absolute Gasteiger partial charge is 0.339 e. The lowest BCUT2D eigenvalue weighted by atomic mass is 10.2. The van der Waals surface area contributed by atoms with Gasteiger partial charge in [-0.1, -0.05) is 12.1 Å². The molecule has 2 aromatic rings. The summed E-state index contributed by atoms with van der Waals surface area (Å²) in [7, 11) is 1.34. The molecule has 0 unspecified atom stereocenters. The van der Waals surface area contributed by atoms with Crippen LogP contribution in [0.5, 0.6) is 0 Å². The van der Waals surface area contributed by atoms with Crippen molar-refractivity contribution in [1.82, 2.24) is 9.80 Å². The first-order valence-corrected chi connectivity index (χ1v) is 8.57. The predicted octanol–water partition coefficient (Wildman–Crippen LogP) is 2.22. The van der Waals surface area contributed by atoms with Gasteiger partial charge in [0.1, 0.15) is 0 Å². The normalized spacial score (nSPS) is 14.0. The molecule has 1 saturated heterocycles. The van der Waals surface area contributed by atoms with E-state index in [4.69, 9.17) is 21.4 Å². The quantitative estimate of drug-likeness (QED) is 0.653. The Hall–Kier alpha value is -2.87. The summed E-state index contributed by atoms with van der Waals surface area (Å²) < 4.78 is 9.95. The Bertz CT molecular complexity index is 799. The molecule has 136 valence electrons. The van der Waals surface area contributed by atoms with Gasteiger partial charge in [-0.25, -0.2) is 4.79 Å². The van der Waals surface area contributed by atoms with Crippen LogP contribution in [0.3, 0.4) is 0 Å². The lowest BCUT2D eigenvalue weighted by Gasteiger charge is -2.36. The number of piperazine rings is 1. The molecule has 0 saturated carbocycles. The number of nitrogens with one attached hydrogen (secondary N) is 1. The van der Waals surface area contributed by atoms with E-state index in [9.17, 15) is 9.59 Å². The van der Waals surface area contributed by atoms with Crippen LogP contribution in [0.4, 0.5) is 5.69 Å². The van der Waals surface area contributed by atoms with Gasteiger partial charge in [-0.05, 0) is 36.5 Å². The summed E-state index contributed by atoms with van der Waals surface area (Å²) in [5.74, 6) is -0.208. The van der Waals surface area contributed by atoms with E-state index in [0.717, 1.165) is 0 Å². The van der Waals surface area contributed by atoms with Crippen LogP contribution >= 0.6 is 12.2 Å². The molecule has 0 aliphatic carbocycles. The SMILES string of the molecule is COC(=O)c1ccccc1NC(=S)N1CCN(C(=O)c2ccco2)CC1. The van der Waals surface area contributed by atoms with Gasteiger partial charge in [0.2, 0.25) is 0 Å². The average Bonchev–Trinajstić information content (AvgIpc) is 3.22. The van der Waals surface area contributed by atoms with Crippen molar-refractivity contribution in [3.05, 3.63) is 54.0 Å². The van der Waals surface area contributed by atoms with Crippen molar-refractivity contribution in [2.24, 2.45) is 0 Å². The number of thiocarbonyl (C=S) groups is 1. The molecule has 0 spiro atoms. The number of hydrogen-bond donors (Lipinski definition) is 1. The third-order valence-corrected chi connectivity index (χ3v) is 4.52. The second kappa shape index (κ2) is 8.01. The van der Waals surface area contributed by atoms with Crippen LogP contribution in [0.2, 0.25) is 0 Å². The van der Waals surface area contributed by atoms with Gasteiger partial charge >= 0.3 is 5.97 Å². The van der Waals surface area contributed by atoms with Gasteiger partial charge in [-0.2, -0.15) is 0 Å². The van der Waals surface area contributed by atoms with Crippen LogP contribution in [-0.2, 0) is 4.74 Å². The Balaban J connectivity index is 1.59. The third-order valence-electron chi connectivity index (χ3n) is 4.16. The average molecular weight is 373 g/mol. The maximum absolute atomic E-state index is 12.3. The minimum atomic E-state index is -0.426. The van der Waals surface area contributed by atoms with Gasteiger partial charge in [0.15, 0.2) is 10.9 Å². The zero-order valence-corrected chi connectivity index (χ0v) is 15.1. The van der Waals surface area contributed by atoms with E-state index >= 15 is 0 Å². The van der Waals surface area contributed by atoms with E-state index in [2.05, 4.69) is 5.32 Å². The highest BCUT2D eigenvalue weighted by molar-refractivity contribution is 7.80. The number of para-hydroxylation sites is 1. The molecule has 0 radical (unpaired) electrons. The predicted molar refractivity (Wildman–Crippen MR) is 100 cm³/mol. The van der Waals surface area contributed by atoms with E-state index in [1.165, 1.54) is 13.4 Å². The first kappa shape index (κ1) is 17.9. The van der Waals surface area contributed by atoms with Crippen molar-refractivity contribution < 1.29 is 18.7 Å². The van der Waals surface area contributed by atoms with E-state index in [1.54, 1.807) is 35.2 Å². The number of benzene rings is 1. The standard InChI is InChI=1S/C18H19N3O4S/c1-24-17(23)13-5-2-3-6-14(13)19-18(26)21-10-8-20(9-11-21)16(22)15-7-4-12-25-15/h2-7,12H,8-11H2,1H3,(H,19,26). The number of amides is 1. The number of furan rings is 1. The second-order valence-corrected chi connectivity index (χ2v) is 6.11. The molecule has 0 atom stereocenters. The minimum Gasteiger partial charge on any atom is -0.465 e. The highest BCUT2D eigenvalue weighted by atomic mass is 32.1. The molecule has 2 heterocycles. The number of rotatable bonds is 3. The Morgan fingerprint density at radius 1 is 1.08 bits per heavy atom. The molecule has 7 nitrogen and oxygen atoms in total. The van der Waals surface area contributed by atoms with Crippen molar-refractivity contribution in [1.29, 1.82) is 0 Å². The van der Waals surface area contributed by atoms with Crippen molar-refractivity contribution in [2.75, 3.05) is 38.6 Å². The summed E-state index contributed by atoms with van der Waals surface area (Å²) in [5, 5.41) is 3.61. The molecule has 26 heavy (non-hydrogen) atoms. The molecule has 1 fully saturated rings. The van der Waals surface area contributed by atoms with Gasteiger partial charge in [0.25, 0.3) is 5.91 Å². The lowest BCUT2D eigenvalue weighted by molar-refractivity contribution is 0.0600. The molecule has 1 N–H and O–H groups in total. The summed E-state index contributed by atoms with van der Waals surface area (Å²) in [4.78, 5) is 27.8. The number of anilines is 1. The second-order valence-electron chi connectivity index (χ2n) is 5.72. The van der Waals surface area contributed by atoms with Gasteiger partial charge in [-0.3, -0.25) is 4.79 Å². The zero-order chi connectivity index (χ0) is 18.5. The highest BCUT2D eigenvalue weighted by Gasteiger charge is 2.25. The maximum atomic E-state index is 12.3. The van der Waals surface area contributed by atoms with Gasteiger partial charge < -0.3 is 24.3 Å². The molecule has 1 amide bonds. The van der Waals surface area contributed by atoms with Crippen LogP contribution in [0.25, 0.3) is 0 Å². The molecular formula is C18H19N3O4S. The highest BCUT2D eigenvalue weighted by Crippen LogP contribution is 2.17. The number of ether oxygens (including phenoxy) is 1. The third kappa shape index (κ3) is 3.85. The number of carbonyl (C=O) groups excluding carboxylic acids is 2. The molecule has 1 aromatic carbocycles. The van der Waals surface area contributed by atoms with E-state index in [1.807, 2.05) is 11.0 Å². The molecule has 3 rings (SSSR count). The summed E-state index contributed by atoms with van der Waals surface area (Å²) >= 11 is 5.46. The fraction of sp³-hybridized carbons (Fsp3) is 0.278. The van der Waals surface area contributed by atoms with Crippen molar-refractivity contribution in [2.45, 2.75) is 0 Å². The first-order valence-electron chi connectivity index (χ1n) is 8.16. The number of carbonyl (C=O) groups is 2. The number of methoxy groups -OCH3 is 1. The van der Waals surface area contributed by atoms with Crippen LogP contribution in [0.15, 0.2) is 47.1 Å². The van der Waals surface area contributed by atoms with Crippen molar-refractivity contribution in [3.8, 4) is 0 Å². The number of esters is 1. The number of hydrogen-bond acceptors (Lipinski definition) is 5. The Morgan fingerprint density at radius 3 is 2.42 bits per heavy atom. The zero-order valence-electron chi connectivity index (χ0n) is 14.3. The van der Waals surface area contributed by atoms with E-state index in [-0.39, 0.29) is 5.91 Å². The Morgan fingerprint density at radius 2 is 1.77 bits per heavy atom. The molecule has 1 aromatic heterocycles. The summed E-state index contributed by atoms with van der Waals surface area (Å²) in [6, 6.07) is 10.4. The fourth-order valence-corrected chi connectivity index (χ4v) is 3.04. The van der Waals surface area contributed by atoms with E-state index < -0.39 is 5.97 Å². The van der Waals surface area contributed by atoms with Crippen LogP contribution in [-0.4, -0.2) is 60.1 Å². The van der Waals surface area contributed by atoms with Gasteiger partial charge in [0.05, 0.1) is 24.6 Å². The fourth-order valence-electron chi connectivity index (χ4n) is 2.74. The largest absolute Gasteiger partial charge is 0.465 e. The summed E-state index contributed by atoms with van der Waals surface area (Å²) in [6.07, 6.45) is 1.49. The Labute approximate surface area is 156 Å². The number of nitrogens with zero attached hydrogens (tertiary/aromatic N) is 2. The summed E-state index contributed by atoms with van der Waals surface area (Å²) in [5.41, 5.74) is 1.02. The molecular weight excluding hydrogens is 354 g/mol. The Kier molecular flexibility index (Phi) is 5.52.